The van der Waals surface area contributed by atoms with E-state index in [0.717, 1.165) is 32.4 Å². The molecule has 0 aliphatic rings. The molecule has 0 amide bonds. The predicted octanol–water partition coefficient (Wildman–Crippen LogP) is 14.1. The Morgan fingerprint density at radius 3 is 1.20 bits per heavy atom. The Morgan fingerprint density at radius 2 is 0.778 bits per heavy atom. The highest BCUT2D eigenvalue weighted by molar-refractivity contribution is 4.93. The molecule has 0 radical (unpaired) electrons. The minimum atomic E-state index is 0.480. The molecule has 0 fully saturated rings. The lowest BCUT2D eigenvalue weighted by atomic mass is 10.0. The molecule has 0 saturated carbocycles. The summed E-state index contributed by atoms with van der Waals surface area (Å²) < 4.78 is 6.39. The highest BCUT2D eigenvalue weighted by Crippen LogP contribution is 2.18. The van der Waals surface area contributed by atoms with Crippen LogP contribution in [-0.2, 0) is 4.74 Å². The Kier molecular flexibility index (Phi) is 38.1. The van der Waals surface area contributed by atoms with Crippen LogP contribution in [0, 0.1) is 0 Å². The Bertz CT molecular complexity index is 661. The van der Waals surface area contributed by atoms with E-state index >= 15 is 0 Å². The summed E-state index contributed by atoms with van der Waals surface area (Å²) in [6, 6.07) is 0. The SMILES string of the molecule is CCCCC/C=C/C/C=C/CCCCCCCCC(CCCCCCCC/C=C/C/C=C/CCCCCC)OCCCN(C)C. The van der Waals surface area contributed by atoms with E-state index in [4.69, 9.17) is 4.74 Å². The summed E-state index contributed by atoms with van der Waals surface area (Å²) in [6.45, 7) is 6.60. The second-order valence-electron chi connectivity index (χ2n) is 13.7. The van der Waals surface area contributed by atoms with Crippen LogP contribution in [0.1, 0.15) is 194 Å². The molecular weight excluding hydrogens is 546 g/mol. The molecule has 1 atom stereocenters. The molecule has 0 saturated heterocycles. The molecule has 0 heterocycles. The average molecular weight is 628 g/mol. The fourth-order valence-electron chi connectivity index (χ4n) is 5.84. The quantitative estimate of drug-likeness (QED) is 0.0506. The van der Waals surface area contributed by atoms with Gasteiger partial charge in [-0.3, -0.25) is 0 Å². The van der Waals surface area contributed by atoms with Crippen LogP contribution in [0.25, 0.3) is 0 Å². The van der Waals surface area contributed by atoms with Crippen molar-refractivity contribution in [1.82, 2.24) is 4.90 Å². The van der Waals surface area contributed by atoms with Crippen molar-refractivity contribution in [2.24, 2.45) is 0 Å². The summed E-state index contributed by atoms with van der Waals surface area (Å²) in [6.07, 6.45) is 56.2. The second-order valence-corrected chi connectivity index (χ2v) is 13.7. The lowest BCUT2D eigenvalue weighted by Gasteiger charge is -2.19. The third-order valence-electron chi connectivity index (χ3n) is 8.81. The van der Waals surface area contributed by atoms with Gasteiger partial charge in [-0.25, -0.2) is 0 Å². The first-order valence-corrected chi connectivity index (χ1v) is 20.1. The molecule has 0 rings (SSSR count). The molecule has 0 aliphatic heterocycles. The predicted molar refractivity (Wildman–Crippen MR) is 205 cm³/mol. The number of ether oxygens (including phenoxy) is 1. The van der Waals surface area contributed by atoms with E-state index in [1.807, 2.05) is 0 Å². The monoisotopic (exact) mass is 628 g/mol. The van der Waals surface area contributed by atoms with Gasteiger partial charge < -0.3 is 9.64 Å². The topological polar surface area (TPSA) is 12.5 Å². The molecule has 0 aromatic heterocycles. The van der Waals surface area contributed by atoms with Crippen molar-refractivity contribution in [2.75, 3.05) is 27.2 Å². The van der Waals surface area contributed by atoms with E-state index in [0.29, 0.717) is 6.10 Å². The smallest absolute Gasteiger partial charge is 0.0575 e. The molecule has 0 aliphatic carbocycles. The largest absolute Gasteiger partial charge is 0.378 e. The maximum Gasteiger partial charge on any atom is 0.0575 e. The molecule has 0 bridgehead atoms. The van der Waals surface area contributed by atoms with Gasteiger partial charge in [0.1, 0.15) is 0 Å². The van der Waals surface area contributed by atoms with E-state index in [9.17, 15) is 0 Å². The first-order chi connectivity index (χ1) is 22.2. The Balaban J connectivity index is 3.83. The fourth-order valence-corrected chi connectivity index (χ4v) is 5.84. The van der Waals surface area contributed by atoms with Gasteiger partial charge in [-0.05, 0) is 104 Å². The summed E-state index contributed by atoms with van der Waals surface area (Å²) >= 11 is 0. The van der Waals surface area contributed by atoms with Gasteiger partial charge in [0.25, 0.3) is 0 Å². The van der Waals surface area contributed by atoms with E-state index in [1.54, 1.807) is 0 Å². The molecular formula is C43H81NO. The molecule has 1 unspecified atom stereocenters. The van der Waals surface area contributed by atoms with E-state index < -0.39 is 0 Å². The molecule has 0 aromatic rings. The van der Waals surface area contributed by atoms with Crippen molar-refractivity contribution in [2.45, 2.75) is 200 Å². The van der Waals surface area contributed by atoms with Crippen molar-refractivity contribution in [1.29, 1.82) is 0 Å². The lowest BCUT2D eigenvalue weighted by molar-refractivity contribution is 0.0342. The number of nitrogens with zero attached hydrogens (tertiary/aromatic N) is 1. The highest BCUT2D eigenvalue weighted by atomic mass is 16.5. The van der Waals surface area contributed by atoms with Gasteiger partial charge in [-0.15, -0.1) is 0 Å². The maximum absolute atomic E-state index is 6.39. The van der Waals surface area contributed by atoms with Crippen LogP contribution in [0.3, 0.4) is 0 Å². The molecule has 45 heavy (non-hydrogen) atoms. The van der Waals surface area contributed by atoms with Gasteiger partial charge in [0, 0.05) is 6.61 Å². The van der Waals surface area contributed by atoms with Gasteiger partial charge in [-0.2, -0.15) is 0 Å². The maximum atomic E-state index is 6.39. The average Bonchev–Trinajstić information content (AvgIpc) is 3.03. The van der Waals surface area contributed by atoms with E-state index in [1.165, 1.54) is 161 Å². The third kappa shape index (κ3) is 39.0. The molecule has 0 spiro atoms. The standard InChI is InChI=1S/C43H81NO/c1-5-7-9-11-13-15-17-19-21-23-25-27-29-31-33-35-37-40-43(45-42-38-41-44(3)4)39-36-34-32-30-28-26-24-22-20-18-16-14-12-10-8-6-2/h14-17,20-23,43H,5-13,18-19,24-42H2,1-4H3/b16-14+,17-15+,22-20+,23-21+. The van der Waals surface area contributed by atoms with Gasteiger partial charge in [0.2, 0.25) is 0 Å². The van der Waals surface area contributed by atoms with Crippen LogP contribution in [0.2, 0.25) is 0 Å². The van der Waals surface area contributed by atoms with Crippen LogP contribution in [-0.4, -0.2) is 38.3 Å². The third-order valence-corrected chi connectivity index (χ3v) is 8.81. The Morgan fingerprint density at radius 1 is 0.422 bits per heavy atom. The summed E-state index contributed by atoms with van der Waals surface area (Å²) in [5.74, 6) is 0. The first kappa shape index (κ1) is 43.9. The number of allylic oxidation sites excluding steroid dienone is 8. The van der Waals surface area contributed by atoms with E-state index in [-0.39, 0.29) is 0 Å². The lowest BCUT2D eigenvalue weighted by Crippen LogP contribution is -2.18. The minimum Gasteiger partial charge on any atom is -0.378 e. The van der Waals surface area contributed by atoms with Crippen LogP contribution in [0.15, 0.2) is 48.6 Å². The summed E-state index contributed by atoms with van der Waals surface area (Å²) in [7, 11) is 4.32. The zero-order valence-electron chi connectivity index (χ0n) is 31.3. The van der Waals surface area contributed by atoms with Crippen molar-refractivity contribution in [3.8, 4) is 0 Å². The summed E-state index contributed by atoms with van der Waals surface area (Å²) in [5.41, 5.74) is 0. The van der Waals surface area contributed by atoms with Crippen molar-refractivity contribution in [3.05, 3.63) is 48.6 Å². The molecule has 0 N–H and O–H groups in total. The van der Waals surface area contributed by atoms with Gasteiger partial charge >= 0.3 is 0 Å². The van der Waals surface area contributed by atoms with Crippen LogP contribution in [0.5, 0.6) is 0 Å². The van der Waals surface area contributed by atoms with Crippen LogP contribution >= 0.6 is 0 Å². The zero-order chi connectivity index (χ0) is 32.7. The Labute approximate surface area is 284 Å². The summed E-state index contributed by atoms with van der Waals surface area (Å²) in [5, 5.41) is 0. The second kappa shape index (κ2) is 39.1. The minimum absolute atomic E-state index is 0.480. The molecule has 0 aromatic carbocycles. The van der Waals surface area contributed by atoms with E-state index in [2.05, 4.69) is 81.5 Å². The molecule has 264 valence electrons. The number of rotatable bonds is 36. The Hall–Kier alpha value is -1.12. The van der Waals surface area contributed by atoms with Crippen molar-refractivity contribution < 1.29 is 4.74 Å². The van der Waals surface area contributed by atoms with Crippen LogP contribution in [0.4, 0.5) is 0 Å². The van der Waals surface area contributed by atoms with Gasteiger partial charge in [-0.1, -0.05) is 159 Å². The zero-order valence-corrected chi connectivity index (χ0v) is 31.3. The van der Waals surface area contributed by atoms with Gasteiger partial charge in [0.15, 0.2) is 0 Å². The fraction of sp³-hybridized carbons (Fsp3) is 0.814. The first-order valence-electron chi connectivity index (χ1n) is 20.1. The number of unbranched alkanes of at least 4 members (excludes halogenated alkanes) is 19. The molecule has 2 nitrogen and oxygen atoms in total. The highest BCUT2D eigenvalue weighted by Gasteiger charge is 2.09. The van der Waals surface area contributed by atoms with Crippen LogP contribution < -0.4 is 0 Å². The van der Waals surface area contributed by atoms with Gasteiger partial charge in [0.05, 0.1) is 6.10 Å². The van der Waals surface area contributed by atoms with Crippen molar-refractivity contribution >= 4 is 0 Å². The summed E-state index contributed by atoms with van der Waals surface area (Å²) in [4.78, 5) is 2.27. The number of hydrogen-bond donors (Lipinski definition) is 0. The van der Waals surface area contributed by atoms with Crippen molar-refractivity contribution in [3.63, 3.8) is 0 Å². The number of hydrogen-bond acceptors (Lipinski definition) is 2. The normalized spacial score (nSPS) is 13.2. The molecule has 2 heteroatoms.